The highest BCUT2D eigenvalue weighted by atomic mass is 15.4. The third-order valence-corrected chi connectivity index (χ3v) is 4.79. The van der Waals surface area contributed by atoms with Crippen molar-refractivity contribution < 1.29 is 0 Å². The van der Waals surface area contributed by atoms with Gasteiger partial charge < -0.3 is 20.0 Å². The van der Waals surface area contributed by atoms with Crippen molar-refractivity contribution in [2.45, 2.75) is 33.6 Å². The van der Waals surface area contributed by atoms with Crippen LogP contribution in [-0.2, 0) is 0 Å². The highest BCUT2D eigenvalue weighted by Gasteiger charge is 2.20. The standard InChI is InChI=1S/C19H35N7/c1-4-20-18(21-10-7-8-13-24(5-2)6-3)25-14-16-26(17-15-25)19-22-11-9-12-23-19/h9,11-12H,4-8,10,13-17H2,1-3H3,(H,20,21). The molecule has 0 aromatic carbocycles. The van der Waals surface area contributed by atoms with Crippen LogP contribution in [0.15, 0.2) is 23.5 Å². The second-order valence-corrected chi connectivity index (χ2v) is 6.49. The average molecular weight is 362 g/mol. The maximum absolute atomic E-state index is 4.85. The van der Waals surface area contributed by atoms with E-state index in [0.717, 1.165) is 70.7 Å². The van der Waals surface area contributed by atoms with Crippen molar-refractivity contribution in [1.82, 2.24) is 25.1 Å². The van der Waals surface area contributed by atoms with Crippen LogP contribution < -0.4 is 10.2 Å². The van der Waals surface area contributed by atoms with Crippen molar-refractivity contribution in [3.63, 3.8) is 0 Å². The molecule has 1 aliphatic heterocycles. The van der Waals surface area contributed by atoms with Gasteiger partial charge in [0.05, 0.1) is 0 Å². The molecule has 2 rings (SSSR count). The van der Waals surface area contributed by atoms with Crippen LogP contribution in [0.5, 0.6) is 0 Å². The molecule has 7 nitrogen and oxygen atoms in total. The van der Waals surface area contributed by atoms with Gasteiger partial charge in [-0.1, -0.05) is 13.8 Å². The summed E-state index contributed by atoms with van der Waals surface area (Å²) < 4.78 is 0. The summed E-state index contributed by atoms with van der Waals surface area (Å²) in [4.78, 5) is 20.6. The van der Waals surface area contributed by atoms with E-state index in [1.807, 2.05) is 6.07 Å². The maximum Gasteiger partial charge on any atom is 0.225 e. The smallest absolute Gasteiger partial charge is 0.225 e. The van der Waals surface area contributed by atoms with Crippen molar-refractivity contribution in [1.29, 1.82) is 0 Å². The van der Waals surface area contributed by atoms with Gasteiger partial charge >= 0.3 is 0 Å². The summed E-state index contributed by atoms with van der Waals surface area (Å²) in [6, 6.07) is 1.86. The normalized spacial score (nSPS) is 15.6. The van der Waals surface area contributed by atoms with E-state index in [4.69, 9.17) is 4.99 Å². The van der Waals surface area contributed by atoms with Crippen LogP contribution in [0.4, 0.5) is 5.95 Å². The van der Waals surface area contributed by atoms with E-state index in [9.17, 15) is 0 Å². The van der Waals surface area contributed by atoms with Gasteiger partial charge in [0.15, 0.2) is 5.96 Å². The van der Waals surface area contributed by atoms with E-state index in [2.05, 4.69) is 50.8 Å². The summed E-state index contributed by atoms with van der Waals surface area (Å²) in [7, 11) is 0. The van der Waals surface area contributed by atoms with Gasteiger partial charge in [0.1, 0.15) is 0 Å². The van der Waals surface area contributed by atoms with Gasteiger partial charge in [-0.25, -0.2) is 9.97 Å². The molecule has 1 aromatic heterocycles. The summed E-state index contributed by atoms with van der Waals surface area (Å²) in [5, 5.41) is 3.44. The quantitative estimate of drug-likeness (QED) is 0.410. The lowest BCUT2D eigenvalue weighted by atomic mass is 10.3. The minimum Gasteiger partial charge on any atom is -0.357 e. The Balaban J connectivity index is 1.78. The molecule has 1 fully saturated rings. The van der Waals surface area contributed by atoms with Crippen LogP contribution in [-0.4, -0.2) is 84.6 Å². The van der Waals surface area contributed by atoms with Crippen LogP contribution in [0.2, 0.25) is 0 Å². The molecular weight excluding hydrogens is 326 g/mol. The van der Waals surface area contributed by atoms with Gasteiger partial charge in [-0.3, -0.25) is 4.99 Å². The highest BCUT2D eigenvalue weighted by molar-refractivity contribution is 5.80. The number of aliphatic imine (C=N–C) groups is 1. The maximum atomic E-state index is 4.85. The van der Waals surface area contributed by atoms with E-state index in [-0.39, 0.29) is 0 Å². The first kappa shape index (κ1) is 20.4. The van der Waals surface area contributed by atoms with Gasteiger partial charge in [-0.2, -0.15) is 0 Å². The van der Waals surface area contributed by atoms with E-state index < -0.39 is 0 Å². The molecule has 0 atom stereocenters. The molecule has 1 aliphatic rings. The Kier molecular flexibility index (Phi) is 9.17. The molecule has 0 unspecified atom stereocenters. The number of piperazine rings is 1. The molecule has 2 heterocycles. The van der Waals surface area contributed by atoms with Crippen LogP contribution in [0.3, 0.4) is 0 Å². The number of anilines is 1. The summed E-state index contributed by atoms with van der Waals surface area (Å²) >= 11 is 0. The second kappa shape index (κ2) is 11.7. The zero-order valence-electron chi connectivity index (χ0n) is 16.7. The van der Waals surface area contributed by atoms with Crippen molar-refractivity contribution in [2.75, 3.05) is 63.8 Å². The molecule has 0 amide bonds. The SMILES string of the molecule is CCNC(=NCCCCN(CC)CC)N1CCN(c2ncccn2)CC1. The number of guanidine groups is 1. The van der Waals surface area contributed by atoms with Crippen LogP contribution in [0.1, 0.15) is 33.6 Å². The molecule has 0 aliphatic carbocycles. The zero-order chi connectivity index (χ0) is 18.6. The third-order valence-electron chi connectivity index (χ3n) is 4.79. The predicted octanol–water partition coefficient (Wildman–Crippen LogP) is 1.69. The van der Waals surface area contributed by atoms with Gasteiger partial charge in [0, 0.05) is 51.7 Å². The van der Waals surface area contributed by atoms with E-state index >= 15 is 0 Å². The number of nitrogens with zero attached hydrogens (tertiary/aromatic N) is 6. The Bertz CT molecular complexity index is 508. The molecule has 0 saturated carbocycles. The van der Waals surface area contributed by atoms with E-state index in [1.165, 1.54) is 13.0 Å². The Morgan fingerprint density at radius 2 is 1.77 bits per heavy atom. The average Bonchev–Trinajstić information content (AvgIpc) is 2.71. The molecule has 0 bridgehead atoms. The van der Waals surface area contributed by atoms with Crippen LogP contribution >= 0.6 is 0 Å². The molecule has 0 spiro atoms. The highest BCUT2D eigenvalue weighted by Crippen LogP contribution is 2.10. The fourth-order valence-corrected chi connectivity index (χ4v) is 3.17. The van der Waals surface area contributed by atoms with Gasteiger partial charge in [-0.15, -0.1) is 0 Å². The summed E-state index contributed by atoms with van der Waals surface area (Å²) in [5.41, 5.74) is 0. The fraction of sp³-hybridized carbons (Fsp3) is 0.737. The lowest BCUT2D eigenvalue weighted by Crippen LogP contribution is -2.53. The molecule has 7 heteroatoms. The Hall–Kier alpha value is -1.89. The van der Waals surface area contributed by atoms with Crippen LogP contribution in [0.25, 0.3) is 0 Å². The monoisotopic (exact) mass is 361 g/mol. The van der Waals surface area contributed by atoms with Crippen molar-refractivity contribution in [3.8, 4) is 0 Å². The van der Waals surface area contributed by atoms with Crippen molar-refractivity contribution >= 4 is 11.9 Å². The first-order valence-corrected chi connectivity index (χ1v) is 10.1. The molecule has 1 aromatic rings. The number of hydrogen-bond acceptors (Lipinski definition) is 5. The molecule has 1 N–H and O–H groups in total. The van der Waals surface area contributed by atoms with Crippen LogP contribution in [0, 0.1) is 0 Å². The largest absolute Gasteiger partial charge is 0.357 e. The molecule has 26 heavy (non-hydrogen) atoms. The topological polar surface area (TPSA) is 59.9 Å². The minimum absolute atomic E-state index is 0.825. The molecule has 0 radical (unpaired) electrons. The summed E-state index contributed by atoms with van der Waals surface area (Å²) in [6.45, 7) is 15.6. The number of rotatable bonds is 9. The molecular formula is C19H35N7. The lowest BCUT2D eigenvalue weighted by Gasteiger charge is -2.36. The minimum atomic E-state index is 0.825. The zero-order valence-corrected chi connectivity index (χ0v) is 16.7. The van der Waals surface area contributed by atoms with Gasteiger partial charge in [-0.05, 0) is 45.5 Å². The van der Waals surface area contributed by atoms with Crippen molar-refractivity contribution in [3.05, 3.63) is 18.5 Å². The summed E-state index contributed by atoms with van der Waals surface area (Å²) in [5.74, 6) is 1.87. The first-order valence-electron chi connectivity index (χ1n) is 10.1. The summed E-state index contributed by atoms with van der Waals surface area (Å²) in [6.07, 6.45) is 5.96. The van der Waals surface area contributed by atoms with E-state index in [1.54, 1.807) is 12.4 Å². The van der Waals surface area contributed by atoms with E-state index in [0.29, 0.717) is 0 Å². The lowest BCUT2D eigenvalue weighted by molar-refractivity contribution is 0.297. The predicted molar refractivity (Wildman–Crippen MR) is 109 cm³/mol. The van der Waals surface area contributed by atoms with Gasteiger partial charge in [0.25, 0.3) is 0 Å². The Labute approximate surface area is 158 Å². The Morgan fingerprint density at radius 3 is 2.38 bits per heavy atom. The number of aromatic nitrogens is 2. The number of hydrogen-bond donors (Lipinski definition) is 1. The molecule has 146 valence electrons. The molecule has 1 saturated heterocycles. The fourth-order valence-electron chi connectivity index (χ4n) is 3.17. The number of unbranched alkanes of at least 4 members (excludes halogenated alkanes) is 1. The number of nitrogens with one attached hydrogen (secondary N) is 1. The second-order valence-electron chi connectivity index (χ2n) is 6.49. The first-order chi connectivity index (χ1) is 12.8. The third kappa shape index (κ3) is 6.44. The Morgan fingerprint density at radius 1 is 1.08 bits per heavy atom. The van der Waals surface area contributed by atoms with Gasteiger partial charge in [0.2, 0.25) is 5.95 Å². The van der Waals surface area contributed by atoms with Crippen molar-refractivity contribution in [2.24, 2.45) is 4.99 Å².